The first kappa shape index (κ1) is 19.3. The molecule has 4 rings (SSSR count). The minimum atomic E-state index is -0.410. The fraction of sp³-hybridized carbons (Fsp3) is 0.318. The number of nitrogens with zero attached hydrogens (tertiary/aromatic N) is 3. The van der Waals surface area contributed by atoms with E-state index in [0.717, 1.165) is 41.0 Å². The largest absolute Gasteiger partial charge is 0.422 e. The highest BCUT2D eigenvalue weighted by molar-refractivity contribution is 5.81. The summed E-state index contributed by atoms with van der Waals surface area (Å²) < 4.78 is 7.49. The fourth-order valence-corrected chi connectivity index (χ4v) is 3.45. The van der Waals surface area contributed by atoms with E-state index in [0.29, 0.717) is 16.8 Å². The number of aliphatic hydroxyl groups is 1. The summed E-state index contributed by atoms with van der Waals surface area (Å²) in [5.74, 6) is 0. The van der Waals surface area contributed by atoms with Gasteiger partial charge in [-0.05, 0) is 51.4 Å². The third kappa shape index (κ3) is 3.92. The van der Waals surface area contributed by atoms with Crippen LogP contribution in [0.1, 0.15) is 23.9 Å². The Morgan fingerprint density at radius 2 is 2.03 bits per heavy atom. The van der Waals surface area contributed by atoms with Crippen LogP contribution in [-0.2, 0) is 6.42 Å². The van der Waals surface area contributed by atoms with Gasteiger partial charge in [-0.25, -0.2) is 9.78 Å². The Morgan fingerprint density at radius 1 is 1.21 bits per heavy atom. The molecule has 0 saturated carbocycles. The van der Waals surface area contributed by atoms with E-state index in [2.05, 4.69) is 15.3 Å². The Bertz CT molecular complexity index is 1240. The Kier molecular flexibility index (Phi) is 5.17. The van der Waals surface area contributed by atoms with Crippen molar-refractivity contribution >= 4 is 16.6 Å². The number of imidazole rings is 1. The van der Waals surface area contributed by atoms with E-state index < -0.39 is 5.63 Å². The molecule has 0 saturated heterocycles. The predicted octanol–water partition coefficient (Wildman–Crippen LogP) is 2.63. The zero-order valence-corrected chi connectivity index (χ0v) is 16.8. The lowest BCUT2D eigenvalue weighted by molar-refractivity contribution is 0.252. The molecule has 0 bridgehead atoms. The Labute approximate surface area is 168 Å². The molecule has 7 nitrogen and oxygen atoms in total. The first-order chi connectivity index (χ1) is 13.9. The third-order valence-electron chi connectivity index (χ3n) is 4.98. The quantitative estimate of drug-likeness (QED) is 0.490. The maximum absolute atomic E-state index is 12.6. The normalized spacial score (nSPS) is 12.7. The summed E-state index contributed by atoms with van der Waals surface area (Å²) in [7, 11) is 0. The molecule has 0 aliphatic rings. The zero-order chi connectivity index (χ0) is 20.5. The van der Waals surface area contributed by atoms with E-state index in [-0.39, 0.29) is 12.6 Å². The van der Waals surface area contributed by atoms with Gasteiger partial charge < -0.3 is 19.2 Å². The molecule has 3 heterocycles. The van der Waals surface area contributed by atoms with Crippen LogP contribution in [-0.4, -0.2) is 38.7 Å². The number of aliphatic hydroxyl groups excluding tert-OH is 1. The van der Waals surface area contributed by atoms with E-state index in [9.17, 15) is 4.79 Å². The van der Waals surface area contributed by atoms with Crippen molar-refractivity contribution in [1.29, 1.82) is 0 Å². The first-order valence-corrected chi connectivity index (χ1v) is 9.69. The van der Waals surface area contributed by atoms with Crippen molar-refractivity contribution in [3.8, 4) is 11.3 Å². The SMILES string of the molecule is Cc1cn2cc(-c3cc4ccc(CCNC(C)CO)cc4oc3=O)nc2c(C)n1. The highest BCUT2D eigenvalue weighted by Gasteiger charge is 2.14. The summed E-state index contributed by atoms with van der Waals surface area (Å²) in [6, 6.07) is 7.77. The van der Waals surface area contributed by atoms with Crippen LogP contribution < -0.4 is 10.9 Å². The molecule has 0 amide bonds. The Morgan fingerprint density at radius 3 is 2.83 bits per heavy atom. The summed E-state index contributed by atoms with van der Waals surface area (Å²) in [6.45, 7) is 6.60. The van der Waals surface area contributed by atoms with Crippen molar-refractivity contribution in [1.82, 2.24) is 19.7 Å². The van der Waals surface area contributed by atoms with Crippen molar-refractivity contribution in [3.05, 3.63) is 64.0 Å². The topological polar surface area (TPSA) is 92.7 Å². The lowest BCUT2D eigenvalue weighted by Gasteiger charge is -2.10. The van der Waals surface area contributed by atoms with Gasteiger partial charge in [0.2, 0.25) is 0 Å². The molecule has 3 aromatic heterocycles. The van der Waals surface area contributed by atoms with Gasteiger partial charge >= 0.3 is 5.63 Å². The summed E-state index contributed by atoms with van der Waals surface area (Å²) in [5, 5.41) is 13.2. The summed E-state index contributed by atoms with van der Waals surface area (Å²) in [6.07, 6.45) is 4.50. The highest BCUT2D eigenvalue weighted by atomic mass is 16.4. The van der Waals surface area contributed by atoms with Crippen LogP contribution in [0, 0.1) is 13.8 Å². The van der Waals surface area contributed by atoms with Gasteiger partial charge in [-0.3, -0.25) is 4.98 Å². The molecule has 4 aromatic rings. The average Bonchev–Trinajstić information content (AvgIpc) is 3.11. The third-order valence-corrected chi connectivity index (χ3v) is 4.98. The maximum atomic E-state index is 12.6. The van der Waals surface area contributed by atoms with Crippen molar-refractivity contribution in [2.24, 2.45) is 0 Å². The van der Waals surface area contributed by atoms with Gasteiger partial charge in [0.15, 0.2) is 5.65 Å². The van der Waals surface area contributed by atoms with E-state index in [1.54, 1.807) is 0 Å². The molecule has 1 aromatic carbocycles. The minimum Gasteiger partial charge on any atom is -0.422 e. The molecule has 0 aliphatic heterocycles. The molecule has 0 radical (unpaired) electrons. The van der Waals surface area contributed by atoms with E-state index in [4.69, 9.17) is 9.52 Å². The van der Waals surface area contributed by atoms with E-state index in [1.807, 2.05) is 61.8 Å². The number of hydrogen-bond donors (Lipinski definition) is 2. The summed E-state index contributed by atoms with van der Waals surface area (Å²) in [4.78, 5) is 21.7. The van der Waals surface area contributed by atoms with Gasteiger partial charge in [0, 0.05) is 23.8 Å². The number of hydrogen-bond acceptors (Lipinski definition) is 6. The molecule has 1 unspecified atom stereocenters. The van der Waals surface area contributed by atoms with Gasteiger partial charge in [0.25, 0.3) is 0 Å². The lowest BCUT2D eigenvalue weighted by atomic mass is 10.1. The average molecular weight is 392 g/mol. The highest BCUT2D eigenvalue weighted by Crippen LogP contribution is 2.23. The number of fused-ring (bicyclic) bond motifs is 2. The van der Waals surface area contributed by atoms with Crippen LogP contribution in [0.3, 0.4) is 0 Å². The van der Waals surface area contributed by atoms with Crippen LogP contribution in [0.25, 0.3) is 27.9 Å². The summed E-state index contributed by atoms with van der Waals surface area (Å²) in [5.41, 5.74) is 4.65. The van der Waals surface area contributed by atoms with Gasteiger partial charge in [-0.2, -0.15) is 0 Å². The predicted molar refractivity (Wildman–Crippen MR) is 112 cm³/mol. The zero-order valence-electron chi connectivity index (χ0n) is 16.8. The molecular formula is C22H24N4O3. The molecule has 1 atom stereocenters. The van der Waals surface area contributed by atoms with E-state index >= 15 is 0 Å². The number of benzene rings is 1. The van der Waals surface area contributed by atoms with E-state index in [1.165, 1.54) is 0 Å². The van der Waals surface area contributed by atoms with Crippen molar-refractivity contribution in [2.45, 2.75) is 33.2 Å². The van der Waals surface area contributed by atoms with Crippen molar-refractivity contribution in [3.63, 3.8) is 0 Å². The van der Waals surface area contributed by atoms with Crippen LogP contribution in [0.5, 0.6) is 0 Å². The molecule has 0 spiro atoms. The summed E-state index contributed by atoms with van der Waals surface area (Å²) >= 11 is 0. The number of aryl methyl sites for hydroxylation is 2. The molecule has 0 aliphatic carbocycles. The minimum absolute atomic E-state index is 0.0593. The number of rotatable bonds is 6. The molecule has 29 heavy (non-hydrogen) atoms. The van der Waals surface area contributed by atoms with Gasteiger partial charge in [-0.1, -0.05) is 12.1 Å². The monoisotopic (exact) mass is 392 g/mol. The molecule has 7 heteroatoms. The first-order valence-electron chi connectivity index (χ1n) is 9.69. The second kappa shape index (κ2) is 7.77. The molecule has 150 valence electrons. The molecular weight excluding hydrogens is 368 g/mol. The van der Waals surface area contributed by atoms with Crippen LogP contribution in [0.15, 0.2) is 45.9 Å². The second-order valence-corrected chi connectivity index (χ2v) is 7.43. The molecule has 0 fully saturated rings. The van der Waals surface area contributed by atoms with Crippen molar-refractivity contribution < 1.29 is 9.52 Å². The molecule has 2 N–H and O–H groups in total. The maximum Gasteiger partial charge on any atom is 0.345 e. The lowest BCUT2D eigenvalue weighted by Crippen LogP contribution is -2.30. The van der Waals surface area contributed by atoms with Crippen LogP contribution >= 0.6 is 0 Å². The van der Waals surface area contributed by atoms with Gasteiger partial charge in [-0.15, -0.1) is 0 Å². The standard InChI is InChI=1S/C22H24N4O3/c1-13-10-26-11-19(25-21(26)15(3)24-13)18-9-17-5-4-16(6-7-23-14(2)12-27)8-20(17)29-22(18)28/h4-5,8-11,14,23,27H,6-7,12H2,1-3H3. The Hall–Kier alpha value is -3.03. The van der Waals surface area contributed by atoms with Crippen molar-refractivity contribution in [2.75, 3.05) is 13.2 Å². The smallest absolute Gasteiger partial charge is 0.345 e. The van der Waals surface area contributed by atoms with Gasteiger partial charge in [0.1, 0.15) is 5.58 Å². The second-order valence-electron chi connectivity index (χ2n) is 7.43. The Balaban J connectivity index is 1.67. The number of aromatic nitrogens is 3. The number of nitrogens with one attached hydrogen (secondary N) is 1. The van der Waals surface area contributed by atoms with Crippen LogP contribution in [0.2, 0.25) is 0 Å². The van der Waals surface area contributed by atoms with Crippen LogP contribution in [0.4, 0.5) is 0 Å². The fourth-order valence-electron chi connectivity index (χ4n) is 3.45. The van der Waals surface area contributed by atoms with Gasteiger partial charge in [0.05, 0.1) is 29.3 Å².